The molecule has 0 radical (unpaired) electrons. The fraction of sp³-hybridized carbons (Fsp3) is 0.667. The lowest BCUT2D eigenvalue weighted by Crippen LogP contribution is -2.22. The fourth-order valence-corrected chi connectivity index (χ4v) is 3.17. The molecule has 3 nitrogen and oxygen atoms in total. The molecule has 1 aromatic rings. The van der Waals surface area contributed by atoms with E-state index in [1.807, 2.05) is 6.20 Å². The average Bonchev–Trinajstić information content (AvgIpc) is 2.77. The summed E-state index contributed by atoms with van der Waals surface area (Å²) < 4.78 is 1.08. The molecule has 2 fully saturated rings. The van der Waals surface area contributed by atoms with Gasteiger partial charge in [-0.1, -0.05) is 0 Å². The number of fused-ring (bicyclic) bond motifs is 2. The van der Waals surface area contributed by atoms with Gasteiger partial charge in [0.2, 0.25) is 0 Å². The van der Waals surface area contributed by atoms with Crippen LogP contribution in [0.4, 0.5) is 0 Å². The van der Waals surface area contributed by atoms with Crippen LogP contribution in [0, 0.1) is 5.92 Å². The summed E-state index contributed by atoms with van der Waals surface area (Å²) in [5.74, 6) is 1.58. The number of H-pyrrole nitrogens is 1. The zero-order chi connectivity index (χ0) is 8.84. The number of aromatic amines is 1. The molecule has 0 spiro atoms. The highest BCUT2D eigenvalue weighted by Gasteiger charge is 2.39. The molecule has 70 valence electrons. The first-order chi connectivity index (χ1) is 6.34. The van der Waals surface area contributed by atoms with E-state index >= 15 is 0 Å². The second-order valence-corrected chi connectivity index (χ2v) is 4.85. The number of aromatic nitrogens is 2. The molecule has 0 saturated carbocycles. The summed E-state index contributed by atoms with van der Waals surface area (Å²) in [7, 11) is 0. The molecular weight excluding hydrogens is 230 g/mol. The highest BCUT2D eigenvalue weighted by atomic mass is 79.9. The summed E-state index contributed by atoms with van der Waals surface area (Å²) in [5.41, 5.74) is 1.37. The molecule has 2 aliphatic heterocycles. The second kappa shape index (κ2) is 2.82. The molecule has 0 amide bonds. The molecular formula is C9H12BrN3. The van der Waals surface area contributed by atoms with E-state index in [-0.39, 0.29) is 0 Å². The van der Waals surface area contributed by atoms with Crippen molar-refractivity contribution in [2.45, 2.75) is 12.3 Å². The van der Waals surface area contributed by atoms with Crippen molar-refractivity contribution in [1.82, 2.24) is 15.1 Å². The van der Waals surface area contributed by atoms with Crippen LogP contribution in [0.5, 0.6) is 0 Å². The lowest BCUT2D eigenvalue weighted by atomic mass is 9.88. The van der Waals surface area contributed by atoms with Crippen LogP contribution in [0.2, 0.25) is 0 Å². The number of halogens is 1. The Hall–Kier alpha value is -0.350. The highest BCUT2D eigenvalue weighted by Crippen LogP contribution is 2.41. The molecule has 1 aromatic heterocycles. The highest BCUT2D eigenvalue weighted by molar-refractivity contribution is 9.10. The number of hydrogen-bond acceptors (Lipinski definition) is 2. The van der Waals surface area contributed by atoms with Gasteiger partial charge in [-0.2, -0.15) is 5.10 Å². The van der Waals surface area contributed by atoms with Gasteiger partial charge in [-0.3, -0.25) is 5.10 Å². The van der Waals surface area contributed by atoms with Crippen LogP contribution in [0.25, 0.3) is 0 Å². The molecule has 2 saturated heterocycles. The first kappa shape index (κ1) is 8.00. The Morgan fingerprint density at radius 3 is 3.00 bits per heavy atom. The monoisotopic (exact) mass is 241 g/mol. The average molecular weight is 242 g/mol. The van der Waals surface area contributed by atoms with E-state index in [0.717, 1.165) is 10.5 Å². The van der Waals surface area contributed by atoms with Crippen molar-refractivity contribution < 1.29 is 0 Å². The topological polar surface area (TPSA) is 31.9 Å². The third-order valence-corrected chi connectivity index (χ3v) is 3.99. The molecule has 1 N–H and O–H groups in total. The molecule has 3 heterocycles. The SMILES string of the molecule is Brc1[nH]ncc1C1CN2CCC1C2. The van der Waals surface area contributed by atoms with Crippen LogP contribution in [-0.4, -0.2) is 34.7 Å². The normalized spacial score (nSPS) is 37.2. The number of piperidine rings is 1. The Bertz CT molecular complexity index is 322. The first-order valence-corrected chi connectivity index (χ1v) is 5.55. The van der Waals surface area contributed by atoms with Gasteiger partial charge in [0.1, 0.15) is 4.60 Å². The van der Waals surface area contributed by atoms with Crippen molar-refractivity contribution in [3.8, 4) is 0 Å². The van der Waals surface area contributed by atoms with Crippen molar-refractivity contribution in [1.29, 1.82) is 0 Å². The summed E-state index contributed by atoms with van der Waals surface area (Å²) in [6.07, 6.45) is 3.33. The lowest BCUT2D eigenvalue weighted by Gasteiger charge is -2.21. The van der Waals surface area contributed by atoms with Crippen molar-refractivity contribution in [3.05, 3.63) is 16.4 Å². The number of nitrogens with zero attached hydrogens (tertiary/aromatic N) is 2. The third kappa shape index (κ3) is 1.15. The van der Waals surface area contributed by atoms with Crippen LogP contribution in [0.1, 0.15) is 17.9 Å². The molecule has 2 bridgehead atoms. The first-order valence-electron chi connectivity index (χ1n) is 4.75. The number of rotatable bonds is 1. The van der Waals surface area contributed by atoms with Crippen LogP contribution in [-0.2, 0) is 0 Å². The van der Waals surface area contributed by atoms with Crippen LogP contribution in [0.3, 0.4) is 0 Å². The summed E-state index contributed by atoms with van der Waals surface area (Å²) in [6.45, 7) is 3.82. The van der Waals surface area contributed by atoms with Gasteiger partial charge in [0.05, 0.1) is 6.20 Å². The molecule has 3 unspecified atom stereocenters. The fourth-order valence-electron chi connectivity index (χ4n) is 2.67. The maximum absolute atomic E-state index is 4.06. The molecule has 13 heavy (non-hydrogen) atoms. The minimum Gasteiger partial charge on any atom is -0.302 e. The third-order valence-electron chi connectivity index (χ3n) is 3.35. The van der Waals surface area contributed by atoms with E-state index in [1.54, 1.807) is 0 Å². The maximum atomic E-state index is 4.06. The molecule has 2 aliphatic rings. The van der Waals surface area contributed by atoms with Gasteiger partial charge in [-0.05, 0) is 34.8 Å². The Morgan fingerprint density at radius 2 is 2.46 bits per heavy atom. The molecule has 0 aromatic carbocycles. The van der Waals surface area contributed by atoms with E-state index in [0.29, 0.717) is 5.92 Å². The maximum Gasteiger partial charge on any atom is 0.104 e. The van der Waals surface area contributed by atoms with Crippen LogP contribution < -0.4 is 0 Å². The second-order valence-electron chi connectivity index (χ2n) is 4.05. The van der Waals surface area contributed by atoms with E-state index in [4.69, 9.17) is 0 Å². The predicted octanol–water partition coefficient (Wildman–Crippen LogP) is 1.59. The van der Waals surface area contributed by atoms with Gasteiger partial charge in [0, 0.05) is 24.6 Å². The van der Waals surface area contributed by atoms with Crippen LogP contribution >= 0.6 is 15.9 Å². The van der Waals surface area contributed by atoms with Crippen molar-refractivity contribution in [2.24, 2.45) is 5.92 Å². The predicted molar refractivity (Wildman–Crippen MR) is 53.6 cm³/mol. The number of hydrogen-bond donors (Lipinski definition) is 1. The van der Waals surface area contributed by atoms with E-state index in [9.17, 15) is 0 Å². The molecule has 0 aliphatic carbocycles. The summed E-state index contributed by atoms with van der Waals surface area (Å²) in [4.78, 5) is 2.55. The standard InChI is InChI=1S/C9H12BrN3/c10-9-7(3-11-12-9)8-5-13-2-1-6(8)4-13/h3,6,8H,1-2,4-5H2,(H,11,12). The summed E-state index contributed by atoms with van der Waals surface area (Å²) in [5, 5.41) is 7.01. The van der Waals surface area contributed by atoms with Crippen molar-refractivity contribution >= 4 is 15.9 Å². The lowest BCUT2D eigenvalue weighted by molar-refractivity contribution is 0.346. The largest absolute Gasteiger partial charge is 0.302 e. The summed E-state index contributed by atoms with van der Waals surface area (Å²) in [6, 6.07) is 0. The molecule has 3 rings (SSSR count). The Balaban J connectivity index is 1.91. The zero-order valence-electron chi connectivity index (χ0n) is 7.33. The van der Waals surface area contributed by atoms with E-state index < -0.39 is 0 Å². The molecule has 3 atom stereocenters. The van der Waals surface area contributed by atoms with Gasteiger partial charge in [0.15, 0.2) is 0 Å². The van der Waals surface area contributed by atoms with Gasteiger partial charge in [-0.25, -0.2) is 0 Å². The Kier molecular flexibility index (Phi) is 1.73. The Morgan fingerprint density at radius 1 is 1.54 bits per heavy atom. The minimum atomic E-state index is 0.710. The minimum absolute atomic E-state index is 0.710. The zero-order valence-corrected chi connectivity index (χ0v) is 8.92. The van der Waals surface area contributed by atoms with Gasteiger partial charge < -0.3 is 4.90 Å². The van der Waals surface area contributed by atoms with Gasteiger partial charge >= 0.3 is 0 Å². The van der Waals surface area contributed by atoms with Crippen LogP contribution in [0.15, 0.2) is 10.8 Å². The van der Waals surface area contributed by atoms with E-state index in [2.05, 4.69) is 31.0 Å². The number of nitrogens with one attached hydrogen (secondary N) is 1. The smallest absolute Gasteiger partial charge is 0.104 e. The quantitative estimate of drug-likeness (QED) is 0.810. The van der Waals surface area contributed by atoms with E-state index in [1.165, 1.54) is 31.6 Å². The van der Waals surface area contributed by atoms with Gasteiger partial charge in [0.25, 0.3) is 0 Å². The van der Waals surface area contributed by atoms with Crippen molar-refractivity contribution in [2.75, 3.05) is 19.6 Å². The van der Waals surface area contributed by atoms with Crippen molar-refractivity contribution in [3.63, 3.8) is 0 Å². The summed E-state index contributed by atoms with van der Waals surface area (Å²) >= 11 is 3.51. The van der Waals surface area contributed by atoms with Gasteiger partial charge in [-0.15, -0.1) is 0 Å². The Labute approximate surface area is 85.6 Å². The molecule has 4 heteroatoms.